The zero-order chi connectivity index (χ0) is 51.0. The van der Waals surface area contributed by atoms with Gasteiger partial charge >= 0.3 is 35.9 Å². The van der Waals surface area contributed by atoms with E-state index in [-0.39, 0.29) is 135 Å². The number of carboxylic acids is 5. The van der Waals surface area contributed by atoms with Crippen molar-refractivity contribution in [2.75, 3.05) is 91.6 Å². The molecule has 1 aromatic heterocycles. The minimum absolute atomic E-state index is 0.0384. The molecule has 2 atom stereocenters. The number of carboxylic acid groups (broad SMARTS) is 5. The molecule has 2 heterocycles. The highest BCUT2D eigenvalue weighted by Gasteiger charge is 2.26. The Kier molecular flexibility index (Phi) is 22.9. The van der Waals surface area contributed by atoms with Crippen LogP contribution >= 0.6 is 0 Å². The molecule has 3 aromatic rings. The second kappa shape index (κ2) is 29.0. The van der Waals surface area contributed by atoms with E-state index in [9.17, 15) is 63.6 Å². The van der Waals surface area contributed by atoms with Gasteiger partial charge in [-0.25, -0.2) is 9.59 Å². The molecule has 0 bridgehead atoms. The van der Waals surface area contributed by atoms with Crippen molar-refractivity contribution in [3.63, 3.8) is 0 Å². The van der Waals surface area contributed by atoms with Gasteiger partial charge in [0.15, 0.2) is 11.5 Å². The van der Waals surface area contributed by atoms with Crippen molar-refractivity contribution in [1.29, 1.82) is 0 Å². The van der Waals surface area contributed by atoms with E-state index in [0.29, 0.717) is 12.8 Å². The number of unbranched alkanes of at least 4 members (excludes halogenated alkanes) is 1. The van der Waals surface area contributed by atoms with Crippen LogP contribution in [0.4, 0.5) is 4.79 Å². The van der Waals surface area contributed by atoms with E-state index in [1.165, 1.54) is 6.07 Å². The van der Waals surface area contributed by atoms with E-state index < -0.39 is 65.7 Å². The van der Waals surface area contributed by atoms with Crippen molar-refractivity contribution < 1.29 is 73.2 Å². The molecule has 0 saturated carbocycles. The highest BCUT2D eigenvalue weighted by atomic mass is 16.5. The molecule has 2 aromatic carbocycles. The normalized spacial score (nSPS) is 15.3. The molecule has 1 fully saturated rings. The molecule has 5 amide bonds. The summed E-state index contributed by atoms with van der Waals surface area (Å²) in [6, 6.07) is 11.5. The zero-order valence-electron chi connectivity index (χ0n) is 38.7. The lowest BCUT2D eigenvalue weighted by Gasteiger charge is -2.32. The lowest BCUT2D eigenvalue weighted by Crippen LogP contribution is -2.49. The fourth-order valence-electron chi connectivity index (χ4n) is 7.49. The van der Waals surface area contributed by atoms with E-state index in [1.807, 2.05) is 42.5 Å². The van der Waals surface area contributed by atoms with Crippen molar-refractivity contribution in [3.8, 4) is 0 Å². The molecule has 0 unspecified atom stereocenters. The van der Waals surface area contributed by atoms with Gasteiger partial charge < -0.3 is 56.6 Å². The summed E-state index contributed by atoms with van der Waals surface area (Å²) in [6.07, 6.45) is 0.754. The predicted octanol–water partition coefficient (Wildman–Crippen LogP) is -0.836. The molecule has 1 aliphatic heterocycles. The van der Waals surface area contributed by atoms with Crippen LogP contribution in [0.5, 0.6) is 0 Å². The van der Waals surface area contributed by atoms with Crippen LogP contribution in [0.25, 0.3) is 10.8 Å². The van der Waals surface area contributed by atoms with Crippen LogP contribution in [0.15, 0.2) is 53.1 Å². The summed E-state index contributed by atoms with van der Waals surface area (Å²) in [4.78, 5) is 116. The smallest absolute Gasteiger partial charge is 0.326 e. The van der Waals surface area contributed by atoms with Gasteiger partial charge in [-0.05, 0) is 42.0 Å². The van der Waals surface area contributed by atoms with E-state index in [0.717, 1.165) is 16.3 Å². The van der Waals surface area contributed by atoms with E-state index in [4.69, 9.17) is 9.63 Å². The Hall–Kier alpha value is -7.22. The van der Waals surface area contributed by atoms with Crippen LogP contribution in [-0.2, 0) is 46.5 Å². The fraction of sp³-hybridized carbons (Fsp3) is 0.511. The third kappa shape index (κ3) is 21.0. The first-order valence-corrected chi connectivity index (χ1v) is 22.8. The summed E-state index contributed by atoms with van der Waals surface area (Å²) in [6.45, 7) is 0.639. The number of carbonyl (C=O) groups excluding carboxylic acids is 4. The van der Waals surface area contributed by atoms with Crippen molar-refractivity contribution in [2.45, 2.75) is 57.2 Å². The predicted molar refractivity (Wildman–Crippen MR) is 248 cm³/mol. The number of rotatable bonds is 26. The maximum absolute atomic E-state index is 13.6. The number of urea groups is 1. The number of hydrogen-bond donors (Lipinski definition) is 10. The molecule has 0 aliphatic carbocycles. The number of nitrogens with one attached hydrogen (secondary N) is 5. The number of benzene rings is 2. The Morgan fingerprint density at radius 1 is 0.586 bits per heavy atom. The summed E-state index contributed by atoms with van der Waals surface area (Å²) in [5, 5.41) is 65.5. The summed E-state index contributed by atoms with van der Waals surface area (Å²) < 4.78 is 5.35. The number of aliphatic carboxylic acids is 5. The maximum atomic E-state index is 13.6. The van der Waals surface area contributed by atoms with Crippen LogP contribution in [0, 0.1) is 0 Å². The molecule has 1 saturated heterocycles. The quantitative estimate of drug-likeness (QED) is 0.0439. The molecule has 10 N–H and O–H groups in total. The average Bonchev–Trinajstić information content (AvgIpc) is 3.78. The van der Waals surface area contributed by atoms with Crippen molar-refractivity contribution in [2.24, 2.45) is 0 Å². The van der Waals surface area contributed by atoms with E-state index >= 15 is 0 Å². The van der Waals surface area contributed by atoms with Gasteiger partial charge in [0.05, 0.1) is 32.7 Å². The molecule has 0 radical (unpaired) electrons. The van der Waals surface area contributed by atoms with Gasteiger partial charge in [-0.1, -0.05) is 47.6 Å². The molecule has 25 nitrogen and oxygen atoms in total. The lowest BCUT2D eigenvalue weighted by molar-refractivity contribution is -0.140. The first-order chi connectivity index (χ1) is 33.4. The maximum Gasteiger partial charge on any atom is 0.326 e. The van der Waals surface area contributed by atoms with Gasteiger partial charge in [-0.15, -0.1) is 0 Å². The minimum atomic E-state index is -1.27. The zero-order valence-corrected chi connectivity index (χ0v) is 38.7. The summed E-state index contributed by atoms with van der Waals surface area (Å²) in [5.74, 6) is -7.16. The van der Waals surface area contributed by atoms with Gasteiger partial charge in [0.25, 0.3) is 5.91 Å². The van der Waals surface area contributed by atoms with E-state index in [2.05, 4.69) is 31.7 Å². The summed E-state index contributed by atoms with van der Waals surface area (Å²) in [7, 11) is 0. The van der Waals surface area contributed by atoms with Gasteiger partial charge in [-0.3, -0.25) is 53.2 Å². The molecule has 1 aliphatic rings. The van der Waals surface area contributed by atoms with E-state index in [1.54, 1.807) is 19.6 Å². The number of carbonyl (C=O) groups is 9. The molecule has 25 heteroatoms. The Labute approximate surface area is 402 Å². The topological polar surface area (TPSA) is 354 Å². The fourth-order valence-corrected chi connectivity index (χ4v) is 7.49. The average molecular weight is 983 g/mol. The highest BCUT2D eigenvalue weighted by Crippen LogP contribution is 2.17. The third-order valence-electron chi connectivity index (χ3n) is 11.2. The second-order valence-corrected chi connectivity index (χ2v) is 16.7. The lowest BCUT2D eigenvalue weighted by atomic mass is 10.0. The van der Waals surface area contributed by atoms with Gasteiger partial charge in [0.2, 0.25) is 11.8 Å². The molecular weight excluding hydrogens is 921 g/mol. The number of amides is 5. The number of aromatic nitrogens is 1. The summed E-state index contributed by atoms with van der Waals surface area (Å²) in [5.41, 5.74) is 0.559. The van der Waals surface area contributed by atoms with Crippen LogP contribution in [0.2, 0.25) is 0 Å². The van der Waals surface area contributed by atoms with Crippen LogP contribution < -0.4 is 26.6 Å². The van der Waals surface area contributed by atoms with Crippen molar-refractivity contribution >= 4 is 64.4 Å². The minimum Gasteiger partial charge on any atom is -0.481 e. The molecule has 4 rings (SSSR count). The van der Waals surface area contributed by atoms with Crippen LogP contribution in [0.1, 0.15) is 53.9 Å². The highest BCUT2D eigenvalue weighted by molar-refractivity contribution is 5.96. The Morgan fingerprint density at radius 3 is 1.70 bits per heavy atom. The standard InChI is InChI=1S/C45H62N10O15/c56-37(26-52-14-16-53(27-39(59)60)18-20-55(29-41(63)64)21-19-54(17-15-52)28-40(61)62)48-25-33-24-36(51-70-33)43(66)49-35(23-30-10-11-31-6-1-2-7-32(31)22-30)42(65)46-12-4-3-8-34(44(67)68)50-45(69)47-13-5-9-38(57)58/h1-2,6-7,10-11,22,24,34-35H,3-5,8-9,12-21,23,25-29H2,(H,46,65)(H,48,56)(H,49,66)(H,57,58)(H,59,60)(H,61,62)(H,63,64)(H,67,68)(H2,47,50,69)/t34-,35-/m0/s1. The van der Waals surface area contributed by atoms with Gasteiger partial charge in [0.1, 0.15) is 12.1 Å². The van der Waals surface area contributed by atoms with Crippen LogP contribution in [-0.4, -0.2) is 208 Å². The van der Waals surface area contributed by atoms with Gasteiger partial charge in [0, 0.05) is 84.4 Å². The number of fused-ring (bicyclic) bond motifs is 1. The number of nitrogens with zero attached hydrogens (tertiary/aromatic N) is 5. The largest absolute Gasteiger partial charge is 0.481 e. The third-order valence-corrected chi connectivity index (χ3v) is 11.2. The molecule has 382 valence electrons. The monoisotopic (exact) mass is 982 g/mol. The van der Waals surface area contributed by atoms with Gasteiger partial charge in [-0.2, -0.15) is 0 Å². The van der Waals surface area contributed by atoms with Crippen LogP contribution in [0.3, 0.4) is 0 Å². The Balaban J connectivity index is 1.35. The first-order valence-electron chi connectivity index (χ1n) is 22.8. The molecule has 70 heavy (non-hydrogen) atoms. The van der Waals surface area contributed by atoms with Crippen molar-refractivity contribution in [1.82, 2.24) is 51.3 Å². The van der Waals surface area contributed by atoms with Crippen molar-refractivity contribution in [3.05, 3.63) is 65.5 Å². The SMILES string of the molecule is O=C(O)CCCNC(=O)N[C@@H](CCCCNC(=O)[C@H](Cc1ccc2ccccc2c1)NC(=O)c1cc(CNC(=O)CN2CCN(CC(=O)O)CCN(CC(=O)O)CCN(CC(=O)O)CC2)on1)C(=O)O. The molecular formula is C45H62N10O15. The Bertz CT molecular complexity index is 2240. The summed E-state index contributed by atoms with van der Waals surface area (Å²) >= 11 is 0. The second-order valence-electron chi connectivity index (χ2n) is 16.7. The first kappa shape index (κ1) is 55.4. The number of hydrogen-bond acceptors (Lipinski definition) is 15. The Morgan fingerprint density at radius 2 is 1.14 bits per heavy atom. The molecule has 0 spiro atoms.